The molecule has 1 aliphatic rings. The first kappa shape index (κ1) is 8.36. The number of hydrogen-bond donors (Lipinski definition) is 0. The first-order chi connectivity index (χ1) is 6.84. The molecule has 0 unspecified atom stereocenters. The highest BCUT2D eigenvalue weighted by Crippen LogP contribution is 2.41. The fraction of sp³-hybridized carbons (Fsp3) is 0.273. The Hall–Kier alpha value is -0.960. The highest BCUT2D eigenvalue weighted by Gasteiger charge is 2.26. The minimum absolute atomic E-state index is 0.682. The van der Waals surface area contributed by atoms with Gasteiger partial charge in [0.25, 0.3) is 0 Å². The summed E-state index contributed by atoms with van der Waals surface area (Å²) in [5.74, 6) is 0.682. The van der Waals surface area contributed by atoms with Crippen LogP contribution in [0.3, 0.4) is 0 Å². The van der Waals surface area contributed by atoms with Gasteiger partial charge in [-0.15, -0.1) is 0 Å². The Labute approximate surface area is 90.5 Å². The lowest BCUT2D eigenvalue weighted by molar-refractivity contribution is 1.02. The van der Waals surface area contributed by atoms with Gasteiger partial charge in [-0.05, 0) is 31.0 Å². The largest absolute Gasteiger partial charge is 0.240 e. The highest BCUT2D eigenvalue weighted by molar-refractivity contribution is 9.10. The second kappa shape index (κ2) is 3.02. The lowest BCUT2D eigenvalue weighted by atomic mass is 10.1. The average Bonchev–Trinajstić information content (AvgIpc) is 2.99. The Kier molecular flexibility index (Phi) is 1.80. The smallest absolute Gasteiger partial charge is 0.116 e. The van der Waals surface area contributed by atoms with Crippen LogP contribution in [0.15, 0.2) is 29.0 Å². The molecule has 0 radical (unpaired) electrons. The van der Waals surface area contributed by atoms with Gasteiger partial charge in [0.15, 0.2) is 0 Å². The molecule has 3 rings (SSSR count). The van der Waals surface area contributed by atoms with Crippen molar-refractivity contribution in [2.75, 3.05) is 0 Å². The van der Waals surface area contributed by atoms with E-state index >= 15 is 0 Å². The third-order valence-corrected chi connectivity index (χ3v) is 3.09. The van der Waals surface area contributed by atoms with Crippen molar-refractivity contribution in [3.05, 3.63) is 34.7 Å². The van der Waals surface area contributed by atoms with Gasteiger partial charge in [0.05, 0.1) is 11.2 Å². The third-order valence-electron chi connectivity index (χ3n) is 2.59. The molecule has 0 spiro atoms. The fourth-order valence-electron chi connectivity index (χ4n) is 1.73. The van der Waals surface area contributed by atoms with Crippen LogP contribution in [0, 0.1) is 0 Å². The van der Waals surface area contributed by atoms with Crippen molar-refractivity contribution in [1.82, 2.24) is 9.97 Å². The van der Waals surface area contributed by atoms with Gasteiger partial charge in [0.1, 0.15) is 6.33 Å². The summed E-state index contributed by atoms with van der Waals surface area (Å²) in [6.07, 6.45) is 4.23. The van der Waals surface area contributed by atoms with Crippen molar-refractivity contribution in [1.29, 1.82) is 0 Å². The Bertz CT molecular complexity index is 492. The van der Waals surface area contributed by atoms with Gasteiger partial charge >= 0.3 is 0 Å². The van der Waals surface area contributed by atoms with E-state index in [1.54, 1.807) is 6.33 Å². The topological polar surface area (TPSA) is 25.8 Å². The molecule has 0 bridgehead atoms. The van der Waals surface area contributed by atoms with Crippen LogP contribution in [0.4, 0.5) is 0 Å². The summed E-state index contributed by atoms with van der Waals surface area (Å²) in [7, 11) is 0. The molecule has 1 aromatic heterocycles. The highest BCUT2D eigenvalue weighted by atomic mass is 79.9. The van der Waals surface area contributed by atoms with E-state index in [-0.39, 0.29) is 0 Å². The molecule has 1 saturated carbocycles. The van der Waals surface area contributed by atoms with Crippen LogP contribution in [-0.2, 0) is 0 Å². The van der Waals surface area contributed by atoms with Crippen molar-refractivity contribution in [3.63, 3.8) is 0 Å². The molecule has 0 aliphatic heterocycles. The summed E-state index contributed by atoms with van der Waals surface area (Å²) < 4.78 is 1.07. The summed E-state index contributed by atoms with van der Waals surface area (Å²) >= 11 is 3.45. The van der Waals surface area contributed by atoms with E-state index in [4.69, 9.17) is 0 Å². The Balaban J connectivity index is 2.30. The number of fused-ring (bicyclic) bond motifs is 1. The van der Waals surface area contributed by atoms with Crippen LogP contribution in [0.25, 0.3) is 10.9 Å². The normalized spacial score (nSPS) is 16.1. The van der Waals surface area contributed by atoms with Crippen LogP contribution in [0.5, 0.6) is 0 Å². The first-order valence-electron chi connectivity index (χ1n) is 4.75. The quantitative estimate of drug-likeness (QED) is 0.775. The van der Waals surface area contributed by atoms with E-state index in [9.17, 15) is 0 Å². The van der Waals surface area contributed by atoms with E-state index < -0.39 is 0 Å². The summed E-state index contributed by atoms with van der Waals surface area (Å²) in [5, 5.41) is 1.21. The third kappa shape index (κ3) is 1.32. The molecule has 2 aromatic rings. The van der Waals surface area contributed by atoms with E-state index in [1.807, 2.05) is 6.07 Å². The van der Waals surface area contributed by atoms with Gasteiger partial charge in [0, 0.05) is 15.8 Å². The number of aromatic nitrogens is 2. The van der Waals surface area contributed by atoms with Crippen molar-refractivity contribution < 1.29 is 0 Å². The zero-order chi connectivity index (χ0) is 9.54. The van der Waals surface area contributed by atoms with E-state index in [0.717, 1.165) is 9.99 Å². The van der Waals surface area contributed by atoms with Gasteiger partial charge < -0.3 is 0 Å². The zero-order valence-electron chi connectivity index (χ0n) is 7.57. The number of halogens is 1. The zero-order valence-corrected chi connectivity index (χ0v) is 9.16. The predicted molar refractivity (Wildman–Crippen MR) is 59.2 cm³/mol. The summed E-state index contributed by atoms with van der Waals surface area (Å²) in [6.45, 7) is 0. The van der Waals surface area contributed by atoms with E-state index in [0.29, 0.717) is 5.92 Å². The number of nitrogens with zero attached hydrogens (tertiary/aromatic N) is 2. The molecule has 1 heterocycles. The SMILES string of the molecule is Brc1ccc2c(C3CC3)ncnc2c1. The van der Waals surface area contributed by atoms with Crippen LogP contribution in [0.2, 0.25) is 0 Å². The number of rotatable bonds is 1. The minimum Gasteiger partial charge on any atom is -0.240 e. The summed E-state index contributed by atoms with van der Waals surface area (Å²) in [5.41, 5.74) is 2.26. The van der Waals surface area contributed by atoms with Gasteiger partial charge in [-0.3, -0.25) is 0 Å². The van der Waals surface area contributed by atoms with Crippen molar-refractivity contribution >= 4 is 26.8 Å². The monoisotopic (exact) mass is 248 g/mol. The Morgan fingerprint density at radius 1 is 1.21 bits per heavy atom. The molecular formula is C11H9BrN2. The van der Waals surface area contributed by atoms with Crippen LogP contribution in [0.1, 0.15) is 24.5 Å². The summed E-state index contributed by atoms with van der Waals surface area (Å²) in [6, 6.07) is 6.20. The Morgan fingerprint density at radius 3 is 2.86 bits per heavy atom. The fourth-order valence-corrected chi connectivity index (χ4v) is 2.08. The lowest BCUT2D eigenvalue weighted by Gasteiger charge is -2.02. The number of hydrogen-bond acceptors (Lipinski definition) is 2. The number of benzene rings is 1. The maximum Gasteiger partial charge on any atom is 0.116 e. The molecule has 70 valence electrons. The lowest BCUT2D eigenvalue weighted by Crippen LogP contribution is -1.90. The van der Waals surface area contributed by atoms with E-state index in [1.165, 1.54) is 23.9 Å². The van der Waals surface area contributed by atoms with Crippen LogP contribution < -0.4 is 0 Å². The molecule has 1 fully saturated rings. The van der Waals surface area contributed by atoms with Gasteiger partial charge in [-0.2, -0.15) is 0 Å². The molecule has 14 heavy (non-hydrogen) atoms. The second-order valence-electron chi connectivity index (χ2n) is 3.69. The van der Waals surface area contributed by atoms with Gasteiger partial charge in [-0.25, -0.2) is 9.97 Å². The Morgan fingerprint density at radius 2 is 2.07 bits per heavy atom. The summed E-state index contributed by atoms with van der Waals surface area (Å²) in [4.78, 5) is 8.64. The second-order valence-corrected chi connectivity index (χ2v) is 4.61. The molecular weight excluding hydrogens is 240 g/mol. The van der Waals surface area contributed by atoms with Gasteiger partial charge in [-0.1, -0.05) is 15.9 Å². The molecule has 2 nitrogen and oxygen atoms in total. The molecule has 0 atom stereocenters. The maximum atomic E-state index is 4.37. The van der Waals surface area contributed by atoms with Crippen LogP contribution in [-0.4, -0.2) is 9.97 Å². The maximum absolute atomic E-state index is 4.37. The first-order valence-corrected chi connectivity index (χ1v) is 5.54. The predicted octanol–water partition coefficient (Wildman–Crippen LogP) is 3.27. The van der Waals surface area contributed by atoms with Crippen molar-refractivity contribution in [3.8, 4) is 0 Å². The average molecular weight is 249 g/mol. The van der Waals surface area contributed by atoms with Crippen molar-refractivity contribution in [2.45, 2.75) is 18.8 Å². The van der Waals surface area contributed by atoms with Gasteiger partial charge in [0.2, 0.25) is 0 Å². The minimum atomic E-state index is 0.682. The molecule has 1 aliphatic carbocycles. The van der Waals surface area contributed by atoms with E-state index in [2.05, 4.69) is 38.0 Å². The molecule has 3 heteroatoms. The molecule has 0 amide bonds. The van der Waals surface area contributed by atoms with Crippen LogP contribution >= 0.6 is 15.9 Å². The standard InChI is InChI=1S/C11H9BrN2/c12-8-3-4-9-10(5-8)13-6-14-11(9)7-1-2-7/h3-7H,1-2H2. The van der Waals surface area contributed by atoms with Crippen molar-refractivity contribution in [2.24, 2.45) is 0 Å². The molecule has 0 N–H and O–H groups in total. The molecule has 1 aromatic carbocycles. The molecule has 0 saturated heterocycles.